The van der Waals surface area contributed by atoms with E-state index in [0.29, 0.717) is 5.92 Å². The Hall–Kier alpha value is -1.32. The van der Waals surface area contributed by atoms with E-state index in [1.807, 2.05) is 0 Å². The fourth-order valence-corrected chi connectivity index (χ4v) is 2.61. The molecule has 2 unspecified atom stereocenters. The van der Waals surface area contributed by atoms with Crippen LogP contribution in [-0.4, -0.2) is 6.10 Å². The Morgan fingerprint density at radius 3 is 2.72 bits per heavy atom. The molecule has 0 saturated heterocycles. The molecule has 1 aliphatic rings. The summed E-state index contributed by atoms with van der Waals surface area (Å²) in [6.45, 7) is 2.09. The maximum atomic E-state index is 13.7. The van der Waals surface area contributed by atoms with Crippen molar-refractivity contribution in [3.63, 3.8) is 0 Å². The van der Waals surface area contributed by atoms with Crippen molar-refractivity contribution < 1.29 is 13.5 Å². The largest absolute Gasteiger partial charge is 0.485 e. The minimum Gasteiger partial charge on any atom is -0.485 e. The zero-order chi connectivity index (χ0) is 13.1. The van der Waals surface area contributed by atoms with Crippen LogP contribution in [0.5, 0.6) is 5.75 Å². The van der Waals surface area contributed by atoms with Crippen molar-refractivity contribution in [3.8, 4) is 5.75 Å². The van der Waals surface area contributed by atoms with Crippen LogP contribution < -0.4 is 10.5 Å². The van der Waals surface area contributed by atoms with Gasteiger partial charge in [-0.3, -0.25) is 0 Å². The first-order valence-electron chi connectivity index (χ1n) is 6.53. The lowest BCUT2D eigenvalue weighted by Crippen LogP contribution is -2.30. The van der Waals surface area contributed by atoms with Crippen molar-refractivity contribution in [1.29, 1.82) is 0 Å². The molecule has 0 aromatic heterocycles. The van der Waals surface area contributed by atoms with Gasteiger partial charge in [0.25, 0.3) is 0 Å². The van der Waals surface area contributed by atoms with E-state index in [-0.39, 0.29) is 17.5 Å². The number of hydrogen-bond acceptors (Lipinski definition) is 2. The van der Waals surface area contributed by atoms with Crippen LogP contribution in [0.2, 0.25) is 0 Å². The normalized spacial score (nSPS) is 23.9. The monoisotopic (exact) mass is 255 g/mol. The molecule has 0 amide bonds. The molecule has 1 saturated carbocycles. The molecule has 2 rings (SSSR count). The van der Waals surface area contributed by atoms with Gasteiger partial charge in [0.05, 0.1) is 5.69 Å². The number of rotatable bonds is 3. The number of anilines is 1. The van der Waals surface area contributed by atoms with E-state index in [4.69, 9.17) is 10.5 Å². The fourth-order valence-electron chi connectivity index (χ4n) is 2.61. The van der Waals surface area contributed by atoms with Gasteiger partial charge in [0.1, 0.15) is 6.10 Å². The highest BCUT2D eigenvalue weighted by Crippen LogP contribution is 2.34. The molecular formula is C14H19F2NO. The van der Waals surface area contributed by atoms with Gasteiger partial charge in [-0.15, -0.1) is 0 Å². The maximum absolute atomic E-state index is 13.7. The van der Waals surface area contributed by atoms with Gasteiger partial charge in [0.2, 0.25) is 5.82 Å². The molecule has 100 valence electrons. The van der Waals surface area contributed by atoms with E-state index >= 15 is 0 Å². The van der Waals surface area contributed by atoms with Gasteiger partial charge >= 0.3 is 0 Å². The molecule has 2 atom stereocenters. The topological polar surface area (TPSA) is 35.2 Å². The first kappa shape index (κ1) is 13.1. The van der Waals surface area contributed by atoms with Crippen LogP contribution in [0, 0.1) is 17.6 Å². The van der Waals surface area contributed by atoms with Crippen molar-refractivity contribution in [2.75, 3.05) is 5.73 Å². The molecule has 1 aliphatic carbocycles. The molecule has 2 nitrogen and oxygen atoms in total. The van der Waals surface area contributed by atoms with Crippen LogP contribution in [0.3, 0.4) is 0 Å². The first-order valence-corrected chi connectivity index (χ1v) is 6.53. The van der Waals surface area contributed by atoms with Gasteiger partial charge in [-0.05, 0) is 43.7 Å². The smallest absolute Gasteiger partial charge is 0.202 e. The number of benzene rings is 1. The van der Waals surface area contributed by atoms with E-state index in [2.05, 4.69) is 6.92 Å². The molecule has 0 bridgehead atoms. The number of nitrogens with two attached hydrogens (primary N) is 1. The van der Waals surface area contributed by atoms with Gasteiger partial charge in [-0.2, -0.15) is 4.39 Å². The summed E-state index contributed by atoms with van der Waals surface area (Å²) in [5.41, 5.74) is 5.82. The van der Waals surface area contributed by atoms with Crippen LogP contribution in [0.4, 0.5) is 14.5 Å². The Kier molecular flexibility index (Phi) is 4.04. The molecule has 0 spiro atoms. The second-order valence-electron chi connectivity index (χ2n) is 4.89. The molecule has 1 aromatic carbocycles. The van der Waals surface area contributed by atoms with Crippen molar-refractivity contribution >= 4 is 5.69 Å². The predicted molar refractivity (Wildman–Crippen MR) is 67.4 cm³/mol. The number of hydrogen-bond donors (Lipinski definition) is 1. The van der Waals surface area contributed by atoms with E-state index in [1.165, 1.54) is 12.5 Å². The average Bonchev–Trinajstić information content (AvgIpc) is 2.39. The first-order chi connectivity index (χ1) is 8.63. The van der Waals surface area contributed by atoms with Gasteiger partial charge in [-0.25, -0.2) is 4.39 Å². The molecule has 1 aromatic rings. The summed E-state index contributed by atoms with van der Waals surface area (Å²) >= 11 is 0. The fraction of sp³-hybridized carbons (Fsp3) is 0.571. The predicted octanol–water partition coefficient (Wildman–Crippen LogP) is 3.89. The number of nitrogen functional groups attached to an aromatic ring is 1. The van der Waals surface area contributed by atoms with E-state index in [9.17, 15) is 8.78 Å². The summed E-state index contributed by atoms with van der Waals surface area (Å²) in [6.07, 6.45) is 5.15. The standard InChI is InChI=1S/C14H19F2NO/c1-2-9-5-3-4-6-12(9)18-14-11(17)8-7-10(15)13(14)16/h7-9,12H,2-6,17H2,1H3. The SMILES string of the molecule is CCC1CCCCC1Oc1c(N)ccc(F)c1F. The molecule has 0 heterocycles. The lowest BCUT2D eigenvalue weighted by atomic mass is 9.85. The van der Waals surface area contributed by atoms with Crippen LogP contribution in [0.15, 0.2) is 12.1 Å². The highest BCUT2D eigenvalue weighted by molar-refractivity contribution is 5.53. The molecule has 0 radical (unpaired) electrons. The maximum Gasteiger partial charge on any atom is 0.202 e. The van der Waals surface area contributed by atoms with Gasteiger partial charge < -0.3 is 10.5 Å². The van der Waals surface area contributed by atoms with E-state index in [0.717, 1.165) is 31.7 Å². The highest BCUT2D eigenvalue weighted by Gasteiger charge is 2.27. The average molecular weight is 255 g/mol. The second kappa shape index (κ2) is 5.55. The zero-order valence-corrected chi connectivity index (χ0v) is 10.6. The molecule has 1 fully saturated rings. The summed E-state index contributed by atoms with van der Waals surface area (Å²) in [5, 5.41) is 0. The third kappa shape index (κ3) is 2.57. The Bertz CT molecular complexity index is 423. The van der Waals surface area contributed by atoms with Crippen molar-refractivity contribution in [2.45, 2.75) is 45.1 Å². The van der Waals surface area contributed by atoms with Crippen LogP contribution in [-0.2, 0) is 0 Å². The molecule has 18 heavy (non-hydrogen) atoms. The molecule has 4 heteroatoms. The minimum atomic E-state index is -0.976. The number of halogens is 2. The quantitative estimate of drug-likeness (QED) is 0.831. The minimum absolute atomic E-state index is 0.0534. The zero-order valence-electron chi connectivity index (χ0n) is 10.6. The molecular weight excluding hydrogens is 236 g/mol. The van der Waals surface area contributed by atoms with E-state index in [1.54, 1.807) is 0 Å². The lowest BCUT2D eigenvalue weighted by molar-refractivity contribution is 0.0863. The summed E-state index contributed by atoms with van der Waals surface area (Å²) in [4.78, 5) is 0. The molecule has 2 N–H and O–H groups in total. The third-order valence-electron chi connectivity index (χ3n) is 3.71. The van der Waals surface area contributed by atoms with Crippen LogP contribution in [0.1, 0.15) is 39.0 Å². The van der Waals surface area contributed by atoms with Crippen molar-refractivity contribution in [1.82, 2.24) is 0 Å². The lowest BCUT2D eigenvalue weighted by Gasteiger charge is -2.31. The second-order valence-corrected chi connectivity index (χ2v) is 4.89. The van der Waals surface area contributed by atoms with E-state index < -0.39 is 11.6 Å². The van der Waals surface area contributed by atoms with Gasteiger partial charge in [0, 0.05) is 0 Å². The number of ether oxygens (including phenoxy) is 1. The third-order valence-corrected chi connectivity index (χ3v) is 3.71. The summed E-state index contributed by atoms with van der Waals surface area (Å²) in [6, 6.07) is 2.37. The summed E-state index contributed by atoms with van der Waals surface area (Å²) in [5.74, 6) is -1.61. The Labute approximate surface area is 106 Å². The van der Waals surface area contributed by atoms with Crippen LogP contribution >= 0.6 is 0 Å². The summed E-state index contributed by atoms with van der Waals surface area (Å²) in [7, 11) is 0. The van der Waals surface area contributed by atoms with Crippen molar-refractivity contribution in [2.24, 2.45) is 5.92 Å². The van der Waals surface area contributed by atoms with Crippen LogP contribution in [0.25, 0.3) is 0 Å². The van der Waals surface area contributed by atoms with Crippen molar-refractivity contribution in [3.05, 3.63) is 23.8 Å². The van der Waals surface area contributed by atoms with Gasteiger partial charge in [0.15, 0.2) is 11.6 Å². The Morgan fingerprint density at radius 2 is 2.00 bits per heavy atom. The summed E-state index contributed by atoms with van der Waals surface area (Å²) < 4.78 is 32.5. The Morgan fingerprint density at radius 1 is 1.28 bits per heavy atom. The van der Waals surface area contributed by atoms with Gasteiger partial charge in [-0.1, -0.05) is 13.3 Å². The Balaban J connectivity index is 2.20. The molecule has 0 aliphatic heterocycles. The highest BCUT2D eigenvalue weighted by atomic mass is 19.2.